The Bertz CT molecular complexity index is 670. The van der Waals surface area contributed by atoms with Gasteiger partial charge in [-0.3, -0.25) is 9.59 Å². The van der Waals surface area contributed by atoms with Crippen molar-refractivity contribution in [2.75, 3.05) is 13.1 Å². The van der Waals surface area contributed by atoms with E-state index in [-0.39, 0.29) is 17.9 Å². The summed E-state index contributed by atoms with van der Waals surface area (Å²) >= 11 is 0. The molecule has 1 saturated heterocycles. The quantitative estimate of drug-likeness (QED) is 0.863. The van der Waals surface area contributed by atoms with E-state index >= 15 is 0 Å². The molecule has 3 aliphatic rings. The van der Waals surface area contributed by atoms with Gasteiger partial charge < -0.3 is 14.8 Å². The number of rotatable bonds is 3. The van der Waals surface area contributed by atoms with Gasteiger partial charge in [0.2, 0.25) is 5.91 Å². The summed E-state index contributed by atoms with van der Waals surface area (Å²) in [6, 6.07) is 3.87. The van der Waals surface area contributed by atoms with Crippen molar-refractivity contribution in [1.29, 1.82) is 0 Å². The van der Waals surface area contributed by atoms with Crippen molar-refractivity contribution in [3.05, 3.63) is 36.2 Å². The fourth-order valence-corrected chi connectivity index (χ4v) is 4.50. The van der Waals surface area contributed by atoms with Crippen LogP contribution < -0.4 is 5.32 Å². The van der Waals surface area contributed by atoms with E-state index in [1.807, 2.05) is 34.8 Å². The minimum absolute atomic E-state index is 0.0227. The maximum atomic E-state index is 12.8. The summed E-state index contributed by atoms with van der Waals surface area (Å²) in [6.45, 7) is 1.52. The number of hydrogen-bond acceptors (Lipinski definition) is 2. The van der Waals surface area contributed by atoms with Crippen LogP contribution in [0.4, 0.5) is 0 Å². The second-order valence-electron chi connectivity index (χ2n) is 7.46. The van der Waals surface area contributed by atoms with Crippen LogP contribution in [0.15, 0.2) is 30.5 Å². The van der Waals surface area contributed by atoms with E-state index in [1.165, 1.54) is 6.42 Å². The molecule has 0 radical (unpaired) electrons. The molecule has 2 fully saturated rings. The summed E-state index contributed by atoms with van der Waals surface area (Å²) in [6.07, 6.45) is 10.3. The first-order valence-electron chi connectivity index (χ1n) is 9.01. The van der Waals surface area contributed by atoms with Crippen molar-refractivity contribution >= 4 is 11.8 Å². The Morgan fingerprint density at radius 1 is 1.17 bits per heavy atom. The minimum Gasteiger partial charge on any atom is -0.348 e. The predicted molar refractivity (Wildman–Crippen MR) is 91.3 cm³/mol. The highest BCUT2D eigenvalue weighted by Crippen LogP contribution is 2.44. The Balaban J connectivity index is 1.29. The van der Waals surface area contributed by atoms with Gasteiger partial charge in [-0.25, -0.2) is 0 Å². The zero-order chi connectivity index (χ0) is 16.7. The van der Waals surface area contributed by atoms with Gasteiger partial charge in [0.25, 0.3) is 5.91 Å². The van der Waals surface area contributed by atoms with E-state index in [2.05, 4.69) is 17.5 Å². The Hall–Kier alpha value is -2.04. The van der Waals surface area contributed by atoms with Crippen LogP contribution in [-0.4, -0.2) is 40.4 Å². The average molecular weight is 327 g/mol. The number of aryl methyl sites for hydroxylation is 1. The van der Waals surface area contributed by atoms with E-state index in [4.69, 9.17) is 0 Å². The molecule has 2 aliphatic carbocycles. The standard InChI is InChI=1S/C19H25N3O2/c1-21-8-2-3-17(21)18(23)20-15-6-9-22(10-7-15)19(24)16-12-13-4-5-14(16)11-13/h2-5,8,13-16H,6-7,9-12H2,1H3,(H,20,23)/t13-,14+,16-/m1/s1. The Morgan fingerprint density at radius 2 is 1.96 bits per heavy atom. The summed E-state index contributed by atoms with van der Waals surface area (Å²) in [5.41, 5.74) is 0.683. The van der Waals surface area contributed by atoms with Crippen LogP contribution in [0, 0.1) is 17.8 Å². The molecular weight excluding hydrogens is 302 g/mol. The summed E-state index contributed by atoms with van der Waals surface area (Å²) in [7, 11) is 1.87. The summed E-state index contributed by atoms with van der Waals surface area (Å²) in [5.74, 6) is 1.61. The number of carbonyl (C=O) groups excluding carboxylic acids is 2. The monoisotopic (exact) mass is 327 g/mol. The second-order valence-corrected chi connectivity index (χ2v) is 7.46. The first-order valence-corrected chi connectivity index (χ1v) is 9.01. The summed E-state index contributed by atoms with van der Waals surface area (Å²) < 4.78 is 1.83. The Labute approximate surface area is 142 Å². The third-order valence-electron chi connectivity index (χ3n) is 5.91. The van der Waals surface area contributed by atoms with Crippen LogP contribution in [0.2, 0.25) is 0 Å². The largest absolute Gasteiger partial charge is 0.348 e. The van der Waals surface area contributed by atoms with Crippen molar-refractivity contribution in [2.24, 2.45) is 24.8 Å². The van der Waals surface area contributed by atoms with Crippen LogP contribution in [-0.2, 0) is 11.8 Å². The lowest BCUT2D eigenvalue weighted by Gasteiger charge is -2.35. The van der Waals surface area contributed by atoms with E-state index in [9.17, 15) is 9.59 Å². The number of nitrogens with one attached hydrogen (secondary N) is 1. The molecule has 1 saturated carbocycles. The lowest BCUT2D eigenvalue weighted by atomic mass is 9.91. The van der Waals surface area contributed by atoms with Gasteiger partial charge in [0, 0.05) is 38.3 Å². The molecule has 3 atom stereocenters. The van der Waals surface area contributed by atoms with Crippen LogP contribution >= 0.6 is 0 Å². The molecule has 1 aromatic rings. The number of piperidine rings is 1. The first-order chi connectivity index (χ1) is 11.6. The number of hydrogen-bond donors (Lipinski definition) is 1. The van der Waals surface area contributed by atoms with Crippen molar-refractivity contribution in [2.45, 2.75) is 31.7 Å². The number of allylic oxidation sites excluding steroid dienone is 2. The lowest BCUT2D eigenvalue weighted by molar-refractivity contribution is -0.137. The number of amides is 2. The van der Waals surface area contributed by atoms with Crippen LogP contribution in [0.25, 0.3) is 0 Å². The maximum absolute atomic E-state index is 12.8. The molecule has 128 valence electrons. The minimum atomic E-state index is -0.0227. The van der Waals surface area contributed by atoms with E-state index in [0.29, 0.717) is 23.4 Å². The highest BCUT2D eigenvalue weighted by molar-refractivity contribution is 5.92. The molecule has 0 spiro atoms. The van der Waals surface area contributed by atoms with Gasteiger partial charge in [0.05, 0.1) is 0 Å². The van der Waals surface area contributed by atoms with Crippen molar-refractivity contribution in [3.8, 4) is 0 Å². The van der Waals surface area contributed by atoms with Gasteiger partial charge >= 0.3 is 0 Å². The van der Waals surface area contributed by atoms with E-state index in [0.717, 1.165) is 32.4 Å². The molecule has 0 unspecified atom stereocenters. The third kappa shape index (κ3) is 2.76. The van der Waals surface area contributed by atoms with Crippen LogP contribution in [0.5, 0.6) is 0 Å². The fraction of sp³-hybridized carbons (Fsp3) is 0.579. The SMILES string of the molecule is Cn1cccc1C(=O)NC1CCN(C(=O)[C@@H]2C[C@@H]3C=C[C@H]2C3)CC1. The number of aromatic nitrogens is 1. The number of nitrogens with zero attached hydrogens (tertiary/aromatic N) is 2. The van der Waals surface area contributed by atoms with E-state index in [1.54, 1.807) is 0 Å². The average Bonchev–Trinajstić information content (AvgIpc) is 3.31. The number of likely N-dealkylation sites (tertiary alicyclic amines) is 1. The third-order valence-corrected chi connectivity index (χ3v) is 5.91. The van der Waals surface area contributed by atoms with Crippen LogP contribution in [0.3, 0.4) is 0 Å². The highest BCUT2D eigenvalue weighted by atomic mass is 16.2. The molecule has 2 bridgehead atoms. The predicted octanol–water partition coefficient (Wildman–Crippen LogP) is 1.96. The Kier molecular flexibility index (Phi) is 3.94. The molecule has 1 aromatic heterocycles. The van der Waals surface area contributed by atoms with Gasteiger partial charge in [-0.2, -0.15) is 0 Å². The molecule has 4 rings (SSSR count). The Morgan fingerprint density at radius 3 is 2.54 bits per heavy atom. The van der Waals surface area contributed by atoms with Crippen LogP contribution in [0.1, 0.15) is 36.2 Å². The zero-order valence-corrected chi connectivity index (χ0v) is 14.1. The normalized spacial score (nSPS) is 29.2. The maximum Gasteiger partial charge on any atom is 0.268 e. The molecule has 24 heavy (non-hydrogen) atoms. The van der Waals surface area contributed by atoms with Crippen molar-refractivity contribution < 1.29 is 9.59 Å². The smallest absolute Gasteiger partial charge is 0.268 e. The van der Waals surface area contributed by atoms with Crippen molar-refractivity contribution in [1.82, 2.24) is 14.8 Å². The van der Waals surface area contributed by atoms with Gasteiger partial charge in [-0.1, -0.05) is 12.2 Å². The molecule has 0 aromatic carbocycles. The fourth-order valence-electron chi connectivity index (χ4n) is 4.50. The summed E-state index contributed by atoms with van der Waals surface area (Å²) in [5, 5.41) is 3.11. The highest BCUT2D eigenvalue weighted by Gasteiger charge is 2.42. The van der Waals surface area contributed by atoms with E-state index < -0.39 is 0 Å². The van der Waals surface area contributed by atoms with Gasteiger partial charge in [-0.05, 0) is 49.7 Å². The number of fused-ring (bicyclic) bond motifs is 2. The molecular formula is C19H25N3O2. The topological polar surface area (TPSA) is 54.3 Å². The molecule has 1 aliphatic heterocycles. The van der Waals surface area contributed by atoms with Gasteiger partial charge in [0.1, 0.15) is 5.69 Å². The lowest BCUT2D eigenvalue weighted by Crippen LogP contribution is -2.48. The van der Waals surface area contributed by atoms with Crippen molar-refractivity contribution in [3.63, 3.8) is 0 Å². The number of carbonyl (C=O) groups is 2. The zero-order valence-electron chi connectivity index (χ0n) is 14.1. The molecule has 2 amide bonds. The first kappa shape index (κ1) is 15.5. The molecule has 1 N–H and O–H groups in total. The molecule has 5 heteroatoms. The molecule has 2 heterocycles. The van der Waals surface area contributed by atoms with Gasteiger partial charge in [-0.15, -0.1) is 0 Å². The second kappa shape index (κ2) is 6.11. The van der Waals surface area contributed by atoms with Gasteiger partial charge in [0.15, 0.2) is 0 Å². The summed E-state index contributed by atoms with van der Waals surface area (Å²) in [4.78, 5) is 27.1. The molecule has 5 nitrogen and oxygen atoms in total.